The Balaban J connectivity index is 1.59. The van der Waals surface area contributed by atoms with Crippen LogP contribution in [0.3, 0.4) is 0 Å². The molecule has 1 aromatic carbocycles. The van der Waals surface area contributed by atoms with Gasteiger partial charge in [0.25, 0.3) is 0 Å². The van der Waals surface area contributed by atoms with Crippen molar-refractivity contribution in [2.45, 2.75) is 83.2 Å². The van der Waals surface area contributed by atoms with Gasteiger partial charge < -0.3 is 5.11 Å². The predicted molar refractivity (Wildman–Crippen MR) is 86.0 cm³/mol. The molecule has 0 heterocycles. The number of hydrogen-bond acceptors (Lipinski definition) is 1. The summed E-state index contributed by atoms with van der Waals surface area (Å²) in [5.74, 6) is 0. The summed E-state index contributed by atoms with van der Waals surface area (Å²) in [5, 5.41) is 10.7. The maximum Gasteiger partial charge on any atom is 0.0728 e. The number of fused-ring (bicyclic) bond motifs is 1. The summed E-state index contributed by atoms with van der Waals surface area (Å²) in [6.45, 7) is 2.26. The fourth-order valence-electron chi connectivity index (χ4n) is 3.44. The molecule has 1 aliphatic carbocycles. The fraction of sp³-hybridized carbons (Fsp3) is 0.684. The van der Waals surface area contributed by atoms with Gasteiger partial charge in [-0.1, -0.05) is 82.6 Å². The molecule has 0 fully saturated rings. The lowest BCUT2D eigenvalue weighted by molar-refractivity contribution is 0.0396. The van der Waals surface area contributed by atoms with Crippen LogP contribution >= 0.6 is 0 Å². The van der Waals surface area contributed by atoms with E-state index in [1.807, 2.05) is 0 Å². The molecule has 20 heavy (non-hydrogen) atoms. The second-order valence-corrected chi connectivity index (χ2v) is 6.57. The van der Waals surface area contributed by atoms with Crippen molar-refractivity contribution in [2.24, 2.45) is 0 Å². The Morgan fingerprint density at radius 2 is 1.35 bits per heavy atom. The minimum atomic E-state index is -0.452. The molecule has 0 unspecified atom stereocenters. The number of hydrogen-bond donors (Lipinski definition) is 1. The Kier molecular flexibility index (Phi) is 6.09. The van der Waals surface area contributed by atoms with Crippen molar-refractivity contribution >= 4 is 0 Å². The first-order valence-electron chi connectivity index (χ1n) is 8.53. The van der Waals surface area contributed by atoms with Gasteiger partial charge in [0, 0.05) is 12.8 Å². The largest absolute Gasteiger partial charge is 0.389 e. The van der Waals surface area contributed by atoms with Crippen LogP contribution in [0.1, 0.15) is 75.8 Å². The van der Waals surface area contributed by atoms with Gasteiger partial charge in [0.1, 0.15) is 0 Å². The average molecular weight is 274 g/mol. The molecule has 1 aliphatic rings. The Bertz CT molecular complexity index is 372. The molecule has 1 nitrogen and oxygen atoms in total. The first-order valence-corrected chi connectivity index (χ1v) is 8.53. The van der Waals surface area contributed by atoms with E-state index in [1.165, 1.54) is 62.5 Å². The molecular weight excluding hydrogens is 244 g/mol. The average Bonchev–Trinajstić information content (AvgIpc) is 2.78. The molecule has 1 heteroatoms. The predicted octanol–water partition coefficient (Wildman–Crippen LogP) is 5.05. The highest BCUT2D eigenvalue weighted by Crippen LogP contribution is 2.33. The van der Waals surface area contributed by atoms with E-state index in [1.54, 1.807) is 0 Å². The van der Waals surface area contributed by atoms with Crippen LogP contribution in [-0.4, -0.2) is 10.7 Å². The summed E-state index contributed by atoms with van der Waals surface area (Å²) in [6.07, 6.45) is 13.4. The minimum absolute atomic E-state index is 0.452. The van der Waals surface area contributed by atoms with Crippen LogP contribution in [-0.2, 0) is 12.8 Å². The molecule has 0 atom stereocenters. The van der Waals surface area contributed by atoms with E-state index in [2.05, 4.69) is 31.2 Å². The molecule has 0 saturated carbocycles. The summed E-state index contributed by atoms with van der Waals surface area (Å²) in [5.41, 5.74) is 2.26. The lowest BCUT2D eigenvalue weighted by atomic mass is 9.92. The van der Waals surface area contributed by atoms with Crippen LogP contribution < -0.4 is 0 Å². The maximum atomic E-state index is 10.7. The van der Waals surface area contributed by atoms with Crippen molar-refractivity contribution in [1.29, 1.82) is 0 Å². The third kappa shape index (κ3) is 4.63. The van der Waals surface area contributed by atoms with Crippen molar-refractivity contribution in [2.75, 3.05) is 0 Å². The molecule has 0 amide bonds. The topological polar surface area (TPSA) is 20.2 Å². The standard InChI is InChI=1S/C19H30O/c1-2-3-4-5-6-7-8-11-14-19(20)15-17-12-9-10-13-18(17)16-19/h9-10,12-13,20H,2-8,11,14-16H2,1H3. The molecule has 0 radical (unpaired) electrons. The Morgan fingerprint density at radius 3 is 1.90 bits per heavy atom. The fourth-order valence-corrected chi connectivity index (χ4v) is 3.44. The Labute approximate surface area is 124 Å². The van der Waals surface area contributed by atoms with Gasteiger partial charge in [0.2, 0.25) is 0 Å². The summed E-state index contributed by atoms with van der Waals surface area (Å²) >= 11 is 0. The van der Waals surface area contributed by atoms with Crippen LogP contribution in [0.25, 0.3) is 0 Å². The molecule has 0 spiro atoms. The van der Waals surface area contributed by atoms with Crippen molar-refractivity contribution in [3.8, 4) is 0 Å². The van der Waals surface area contributed by atoms with E-state index < -0.39 is 5.60 Å². The second-order valence-electron chi connectivity index (χ2n) is 6.57. The van der Waals surface area contributed by atoms with Crippen molar-refractivity contribution in [3.63, 3.8) is 0 Å². The zero-order chi connectivity index (χ0) is 14.3. The van der Waals surface area contributed by atoms with Gasteiger partial charge in [0.05, 0.1) is 5.60 Å². The summed E-state index contributed by atoms with van der Waals surface area (Å²) in [7, 11) is 0. The molecule has 0 saturated heterocycles. The molecule has 0 aromatic heterocycles. The van der Waals surface area contributed by atoms with Gasteiger partial charge in [-0.25, -0.2) is 0 Å². The van der Waals surface area contributed by atoms with E-state index in [-0.39, 0.29) is 0 Å². The van der Waals surface area contributed by atoms with E-state index >= 15 is 0 Å². The zero-order valence-electron chi connectivity index (χ0n) is 13.0. The SMILES string of the molecule is CCCCCCCCCCC1(O)Cc2ccccc2C1. The van der Waals surface area contributed by atoms with Crippen LogP contribution in [0.5, 0.6) is 0 Å². The van der Waals surface area contributed by atoms with Gasteiger partial charge in [-0.2, -0.15) is 0 Å². The van der Waals surface area contributed by atoms with Gasteiger partial charge >= 0.3 is 0 Å². The third-order valence-electron chi connectivity index (χ3n) is 4.65. The number of rotatable bonds is 9. The van der Waals surface area contributed by atoms with Gasteiger partial charge in [0.15, 0.2) is 0 Å². The monoisotopic (exact) mass is 274 g/mol. The van der Waals surface area contributed by atoms with Crippen LogP contribution in [0.15, 0.2) is 24.3 Å². The first-order chi connectivity index (χ1) is 9.73. The molecule has 0 bridgehead atoms. The van der Waals surface area contributed by atoms with Crippen LogP contribution in [0.4, 0.5) is 0 Å². The summed E-state index contributed by atoms with van der Waals surface area (Å²) in [6, 6.07) is 8.50. The summed E-state index contributed by atoms with van der Waals surface area (Å²) < 4.78 is 0. The lowest BCUT2D eigenvalue weighted by Gasteiger charge is -2.22. The highest BCUT2D eigenvalue weighted by atomic mass is 16.3. The molecule has 1 N–H and O–H groups in total. The minimum Gasteiger partial charge on any atom is -0.389 e. The Hall–Kier alpha value is -0.820. The molecule has 0 aliphatic heterocycles. The molecule has 112 valence electrons. The number of benzene rings is 1. The number of unbranched alkanes of at least 4 members (excludes halogenated alkanes) is 7. The van der Waals surface area contributed by atoms with E-state index in [0.29, 0.717) is 0 Å². The van der Waals surface area contributed by atoms with E-state index in [0.717, 1.165) is 19.3 Å². The van der Waals surface area contributed by atoms with Gasteiger partial charge in [-0.05, 0) is 17.5 Å². The number of aliphatic hydroxyl groups is 1. The van der Waals surface area contributed by atoms with Crippen molar-refractivity contribution in [3.05, 3.63) is 35.4 Å². The van der Waals surface area contributed by atoms with E-state index in [4.69, 9.17) is 0 Å². The Morgan fingerprint density at radius 1 is 0.850 bits per heavy atom. The lowest BCUT2D eigenvalue weighted by Crippen LogP contribution is -2.28. The van der Waals surface area contributed by atoms with Gasteiger partial charge in [-0.15, -0.1) is 0 Å². The van der Waals surface area contributed by atoms with Gasteiger partial charge in [-0.3, -0.25) is 0 Å². The summed E-state index contributed by atoms with van der Waals surface area (Å²) in [4.78, 5) is 0. The maximum absolute atomic E-state index is 10.7. The van der Waals surface area contributed by atoms with Crippen LogP contribution in [0, 0.1) is 0 Å². The van der Waals surface area contributed by atoms with Crippen molar-refractivity contribution in [1.82, 2.24) is 0 Å². The highest BCUT2D eigenvalue weighted by molar-refractivity contribution is 5.35. The molecule has 2 rings (SSSR count). The smallest absolute Gasteiger partial charge is 0.0728 e. The second kappa shape index (κ2) is 7.83. The molecule has 1 aromatic rings. The quantitative estimate of drug-likeness (QED) is 0.625. The highest BCUT2D eigenvalue weighted by Gasteiger charge is 2.33. The first kappa shape index (κ1) is 15.6. The van der Waals surface area contributed by atoms with Crippen molar-refractivity contribution < 1.29 is 5.11 Å². The zero-order valence-corrected chi connectivity index (χ0v) is 13.0. The third-order valence-corrected chi connectivity index (χ3v) is 4.65. The molecular formula is C19H30O. The van der Waals surface area contributed by atoms with E-state index in [9.17, 15) is 5.11 Å². The normalized spacial score (nSPS) is 16.3. The van der Waals surface area contributed by atoms with Crippen LogP contribution in [0.2, 0.25) is 0 Å².